The first-order valence-corrected chi connectivity index (χ1v) is 5.20. The molecule has 0 spiro atoms. The van der Waals surface area contributed by atoms with Crippen LogP contribution in [0.25, 0.3) is 0 Å². The molecule has 1 radical (unpaired) electrons. The van der Waals surface area contributed by atoms with Crippen molar-refractivity contribution in [1.29, 1.82) is 0 Å². The molecule has 0 saturated carbocycles. The van der Waals surface area contributed by atoms with Crippen molar-refractivity contribution < 1.29 is 17.7 Å². The summed E-state index contributed by atoms with van der Waals surface area (Å²) in [5.74, 6) is 0.186. The Morgan fingerprint density at radius 1 is 1.43 bits per heavy atom. The summed E-state index contributed by atoms with van der Waals surface area (Å²) in [6, 6.07) is 6.54. The Morgan fingerprint density at radius 2 is 2.07 bits per heavy atom. The SMILES string of the molecule is COc1cccc(CS(=O)(=O)O)c1.[Na]. The monoisotopic (exact) mass is 225 g/mol. The fourth-order valence-corrected chi connectivity index (χ4v) is 1.57. The Morgan fingerprint density at radius 3 is 2.57 bits per heavy atom. The molecule has 0 atom stereocenters. The molecule has 0 unspecified atom stereocenters. The molecular formula is C8H10NaO4S. The fourth-order valence-electron chi connectivity index (χ4n) is 0.973. The van der Waals surface area contributed by atoms with E-state index in [9.17, 15) is 8.42 Å². The molecule has 4 nitrogen and oxygen atoms in total. The van der Waals surface area contributed by atoms with Gasteiger partial charge in [0.2, 0.25) is 0 Å². The van der Waals surface area contributed by atoms with Crippen LogP contribution in [0.3, 0.4) is 0 Å². The van der Waals surface area contributed by atoms with E-state index in [-0.39, 0.29) is 35.3 Å². The average molecular weight is 225 g/mol. The molecule has 0 amide bonds. The van der Waals surface area contributed by atoms with Crippen LogP contribution >= 0.6 is 0 Å². The van der Waals surface area contributed by atoms with E-state index < -0.39 is 10.1 Å². The van der Waals surface area contributed by atoms with E-state index in [4.69, 9.17) is 9.29 Å². The van der Waals surface area contributed by atoms with Crippen LogP contribution in [0.4, 0.5) is 0 Å². The summed E-state index contributed by atoms with van der Waals surface area (Å²) in [6.07, 6.45) is 0. The molecule has 14 heavy (non-hydrogen) atoms. The van der Waals surface area contributed by atoms with Gasteiger partial charge in [0, 0.05) is 29.6 Å². The maximum absolute atomic E-state index is 10.5. The molecule has 0 saturated heterocycles. The van der Waals surface area contributed by atoms with Gasteiger partial charge in [-0.3, -0.25) is 4.55 Å². The normalized spacial score (nSPS) is 10.4. The van der Waals surface area contributed by atoms with E-state index in [0.717, 1.165) is 0 Å². The summed E-state index contributed by atoms with van der Waals surface area (Å²) in [5, 5.41) is 0. The molecule has 73 valence electrons. The van der Waals surface area contributed by atoms with E-state index >= 15 is 0 Å². The zero-order valence-electron chi connectivity index (χ0n) is 8.10. The Kier molecular flexibility index (Phi) is 5.70. The Bertz CT molecular complexity index is 388. The number of rotatable bonds is 3. The minimum Gasteiger partial charge on any atom is -0.497 e. The van der Waals surface area contributed by atoms with Gasteiger partial charge in [-0.25, -0.2) is 0 Å². The van der Waals surface area contributed by atoms with Crippen molar-refractivity contribution >= 4 is 39.7 Å². The van der Waals surface area contributed by atoms with Gasteiger partial charge in [-0.1, -0.05) is 12.1 Å². The van der Waals surface area contributed by atoms with Gasteiger partial charge in [0.1, 0.15) is 11.5 Å². The van der Waals surface area contributed by atoms with Crippen molar-refractivity contribution in [2.24, 2.45) is 0 Å². The first-order valence-electron chi connectivity index (χ1n) is 3.59. The van der Waals surface area contributed by atoms with E-state index in [2.05, 4.69) is 0 Å². The van der Waals surface area contributed by atoms with E-state index in [0.29, 0.717) is 11.3 Å². The standard InChI is InChI=1S/C8H10O4S.Na/c1-12-8-4-2-3-7(5-8)6-13(9,10)11;/h2-5H,6H2,1H3,(H,9,10,11);. The third kappa shape index (κ3) is 4.97. The number of ether oxygens (including phenoxy) is 1. The molecule has 0 aromatic heterocycles. The Hall–Kier alpha value is -0.0700. The third-order valence-electron chi connectivity index (χ3n) is 1.48. The summed E-state index contributed by atoms with van der Waals surface area (Å²) < 4.78 is 34.5. The fraction of sp³-hybridized carbons (Fsp3) is 0.250. The van der Waals surface area contributed by atoms with Crippen molar-refractivity contribution in [3.8, 4) is 5.75 Å². The summed E-state index contributed by atoms with van der Waals surface area (Å²) in [4.78, 5) is 0. The number of hydrogen-bond acceptors (Lipinski definition) is 3. The van der Waals surface area contributed by atoms with Crippen LogP contribution in [-0.2, 0) is 15.9 Å². The zero-order chi connectivity index (χ0) is 9.90. The van der Waals surface area contributed by atoms with Gasteiger partial charge in [-0.05, 0) is 17.7 Å². The van der Waals surface area contributed by atoms with Crippen molar-refractivity contribution in [3.05, 3.63) is 29.8 Å². The van der Waals surface area contributed by atoms with Crippen LogP contribution in [0, 0.1) is 0 Å². The summed E-state index contributed by atoms with van der Waals surface area (Å²) in [5.41, 5.74) is 0.502. The first-order chi connectivity index (χ1) is 6.01. The number of hydrogen-bond donors (Lipinski definition) is 1. The first kappa shape index (κ1) is 13.9. The van der Waals surface area contributed by atoms with Gasteiger partial charge >= 0.3 is 0 Å². The predicted molar refractivity (Wildman–Crippen MR) is 54.0 cm³/mol. The topological polar surface area (TPSA) is 63.6 Å². The van der Waals surface area contributed by atoms with Crippen LogP contribution in [0.15, 0.2) is 24.3 Å². The smallest absolute Gasteiger partial charge is 0.269 e. The molecule has 0 aliphatic carbocycles. The van der Waals surface area contributed by atoms with Gasteiger partial charge in [-0.15, -0.1) is 0 Å². The molecule has 1 rings (SSSR count). The number of methoxy groups -OCH3 is 1. The Balaban J connectivity index is 0.00000169. The molecule has 0 bridgehead atoms. The van der Waals surface area contributed by atoms with E-state index in [1.54, 1.807) is 24.3 Å². The maximum Gasteiger partial charge on any atom is 0.269 e. The maximum atomic E-state index is 10.5. The zero-order valence-corrected chi connectivity index (χ0v) is 10.9. The summed E-state index contributed by atoms with van der Waals surface area (Å²) >= 11 is 0. The van der Waals surface area contributed by atoms with E-state index in [1.807, 2.05) is 0 Å². The minimum atomic E-state index is -3.96. The molecule has 1 aromatic rings. The van der Waals surface area contributed by atoms with Gasteiger partial charge in [-0.2, -0.15) is 8.42 Å². The molecule has 0 aliphatic heterocycles. The van der Waals surface area contributed by atoms with Gasteiger partial charge < -0.3 is 4.74 Å². The van der Waals surface area contributed by atoms with Crippen molar-refractivity contribution in [3.63, 3.8) is 0 Å². The van der Waals surface area contributed by atoms with Crippen LogP contribution in [0.1, 0.15) is 5.56 Å². The third-order valence-corrected chi connectivity index (χ3v) is 2.18. The van der Waals surface area contributed by atoms with E-state index in [1.165, 1.54) is 7.11 Å². The minimum absolute atomic E-state index is 0. The van der Waals surface area contributed by atoms with Crippen molar-refractivity contribution in [1.82, 2.24) is 0 Å². The molecule has 0 fully saturated rings. The average Bonchev–Trinajstić information content (AvgIpc) is 2.01. The molecule has 6 heteroatoms. The van der Waals surface area contributed by atoms with Gasteiger partial charge in [0.25, 0.3) is 10.1 Å². The van der Waals surface area contributed by atoms with Crippen LogP contribution in [0.5, 0.6) is 5.75 Å². The second-order valence-corrected chi connectivity index (χ2v) is 4.03. The van der Waals surface area contributed by atoms with Crippen molar-refractivity contribution in [2.45, 2.75) is 5.75 Å². The van der Waals surface area contributed by atoms with Gasteiger partial charge in [0.05, 0.1) is 7.11 Å². The summed E-state index contributed by atoms with van der Waals surface area (Å²) in [6.45, 7) is 0. The molecule has 1 N–H and O–H groups in total. The van der Waals surface area contributed by atoms with Crippen LogP contribution < -0.4 is 4.74 Å². The molecule has 0 heterocycles. The van der Waals surface area contributed by atoms with Crippen LogP contribution in [0.2, 0.25) is 0 Å². The Labute approximate surface area is 105 Å². The number of benzene rings is 1. The van der Waals surface area contributed by atoms with Crippen LogP contribution in [-0.4, -0.2) is 49.6 Å². The quantitative estimate of drug-likeness (QED) is 0.607. The molecule has 0 aliphatic rings. The predicted octanol–water partition coefficient (Wildman–Crippen LogP) is 0.702. The summed E-state index contributed by atoms with van der Waals surface area (Å²) in [7, 11) is -2.47. The molecular weight excluding hydrogens is 215 g/mol. The van der Waals surface area contributed by atoms with Crippen molar-refractivity contribution in [2.75, 3.05) is 7.11 Å². The molecule has 1 aromatic carbocycles. The second-order valence-electron chi connectivity index (χ2n) is 2.58. The second kappa shape index (κ2) is 5.72. The van der Waals surface area contributed by atoms with Gasteiger partial charge in [0.15, 0.2) is 0 Å². The largest absolute Gasteiger partial charge is 0.497 e.